The lowest BCUT2D eigenvalue weighted by Crippen LogP contribution is -2.20. The maximum Gasteiger partial charge on any atom is 0.132 e. The van der Waals surface area contributed by atoms with Crippen molar-refractivity contribution in [1.82, 2.24) is 0 Å². The fraction of sp³-hybridized carbons (Fsp3) is 0.400. The molecular weight excluding hydrogens is 212 g/mol. The maximum absolute atomic E-state index is 11.1. The Bertz CT molecular complexity index is 417. The van der Waals surface area contributed by atoms with Crippen LogP contribution >= 0.6 is 0 Å². The second-order valence-electron chi connectivity index (χ2n) is 4.64. The molecule has 0 unspecified atom stereocenters. The predicted molar refractivity (Wildman–Crippen MR) is 67.8 cm³/mol. The second-order valence-corrected chi connectivity index (χ2v) is 4.64. The Morgan fingerprint density at radius 1 is 1.35 bits per heavy atom. The van der Waals surface area contributed by atoms with Gasteiger partial charge in [-0.1, -0.05) is 42.0 Å². The van der Waals surface area contributed by atoms with Gasteiger partial charge in [0, 0.05) is 6.42 Å². The number of ketones is 1. The molecule has 1 aromatic rings. The van der Waals surface area contributed by atoms with Crippen molar-refractivity contribution in [3.63, 3.8) is 0 Å². The Labute approximate surface area is 102 Å². The quantitative estimate of drug-likeness (QED) is 0.744. The molecule has 0 amide bonds. The lowest BCUT2D eigenvalue weighted by Gasteiger charge is -2.25. The minimum Gasteiger partial charge on any atom is -0.365 e. The minimum atomic E-state index is -0.0625. The summed E-state index contributed by atoms with van der Waals surface area (Å²) in [6.45, 7) is 3.68. The van der Waals surface area contributed by atoms with E-state index in [4.69, 9.17) is 4.74 Å². The number of hydrogen-bond donors (Lipinski definition) is 0. The van der Waals surface area contributed by atoms with Gasteiger partial charge >= 0.3 is 0 Å². The molecule has 0 fully saturated rings. The first-order chi connectivity index (χ1) is 8.15. The lowest BCUT2D eigenvalue weighted by molar-refractivity contribution is -0.120. The predicted octanol–water partition coefficient (Wildman–Crippen LogP) is 3.36. The fourth-order valence-electron chi connectivity index (χ4n) is 2.06. The summed E-state index contributed by atoms with van der Waals surface area (Å²) in [5.41, 5.74) is 2.44. The van der Waals surface area contributed by atoms with Gasteiger partial charge in [-0.2, -0.15) is 0 Å². The molecule has 1 aromatic carbocycles. The highest BCUT2D eigenvalue weighted by molar-refractivity contribution is 5.76. The summed E-state index contributed by atoms with van der Waals surface area (Å²) in [7, 11) is 0. The van der Waals surface area contributed by atoms with Crippen molar-refractivity contribution in [1.29, 1.82) is 0 Å². The van der Waals surface area contributed by atoms with Crippen molar-refractivity contribution < 1.29 is 9.53 Å². The topological polar surface area (TPSA) is 26.3 Å². The van der Waals surface area contributed by atoms with E-state index in [9.17, 15) is 4.79 Å². The van der Waals surface area contributed by atoms with E-state index in [1.807, 2.05) is 6.08 Å². The first-order valence-electron chi connectivity index (χ1n) is 6.03. The average Bonchev–Trinajstić information content (AvgIpc) is 2.29. The van der Waals surface area contributed by atoms with Gasteiger partial charge in [-0.15, -0.1) is 0 Å². The fourth-order valence-corrected chi connectivity index (χ4v) is 2.06. The van der Waals surface area contributed by atoms with E-state index >= 15 is 0 Å². The van der Waals surface area contributed by atoms with Gasteiger partial charge in [0.25, 0.3) is 0 Å². The molecule has 0 aliphatic carbocycles. The summed E-state index contributed by atoms with van der Waals surface area (Å²) < 4.78 is 5.92. The number of benzene rings is 1. The summed E-state index contributed by atoms with van der Waals surface area (Å²) in [6.07, 6.45) is 5.49. The van der Waals surface area contributed by atoms with Gasteiger partial charge in [-0.25, -0.2) is 0 Å². The van der Waals surface area contributed by atoms with Crippen LogP contribution in [-0.2, 0) is 9.53 Å². The summed E-state index contributed by atoms with van der Waals surface area (Å²) in [4.78, 5) is 11.1. The zero-order valence-corrected chi connectivity index (χ0v) is 10.3. The van der Waals surface area contributed by atoms with E-state index in [1.54, 1.807) is 6.92 Å². The molecule has 2 nitrogen and oxygen atoms in total. The van der Waals surface area contributed by atoms with Crippen molar-refractivity contribution in [2.45, 2.75) is 38.9 Å². The molecule has 1 aliphatic heterocycles. The van der Waals surface area contributed by atoms with Gasteiger partial charge in [0.15, 0.2) is 0 Å². The molecule has 0 radical (unpaired) electrons. The van der Waals surface area contributed by atoms with E-state index in [2.05, 4.69) is 37.3 Å². The van der Waals surface area contributed by atoms with E-state index in [-0.39, 0.29) is 18.0 Å². The molecule has 2 atom stereocenters. The van der Waals surface area contributed by atoms with E-state index in [1.165, 1.54) is 11.1 Å². The smallest absolute Gasteiger partial charge is 0.132 e. The number of Topliss-reactive ketones (excluding diaryl/α,β-unsaturated/α-hetero) is 1. The highest BCUT2D eigenvalue weighted by Crippen LogP contribution is 2.28. The highest BCUT2D eigenvalue weighted by Gasteiger charge is 2.20. The van der Waals surface area contributed by atoms with Crippen LogP contribution in [0.4, 0.5) is 0 Å². The van der Waals surface area contributed by atoms with Crippen LogP contribution in [0.1, 0.15) is 37.0 Å². The third-order valence-electron chi connectivity index (χ3n) is 2.98. The van der Waals surface area contributed by atoms with Gasteiger partial charge in [0.2, 0.25) is 0 Å². The molecule has 0 N–H and O–H groups in total. The van der Waals surface area contributed by atoms with Crippen molar-refractivity contribution in [3.05, 3.63) is 47.5 Å². The van der Waals surface area contributed by atoms with Crippen LogP contribution in [0, 0.1) is 6.92 Å². The van der Waals surface area contributed by atoms with Crippen molar-refractivity contribution >= 4 is 5.78 Å². The zero-order valence-electron chi connectivity index (χ0n) is 10.3. The molecule has 0 spiro atoms. The highest BCUT2D eigenvalue weighted by atomic mass is 16.5. The molecule has 2 heteroatoms. The molecular formula is C15H18O2. The molecule has 0 bridgehead atoms. The number of carbonyl (C=O) groups is 1. The van der Waals surface area contributed by atoms with Crippen LogP contribution in [-0.4, -0.2) is 11.9 Å². The molecule has 2 rings (SSSR count). The van der Waals surface area contributed by atoms with Gasteiger partial charge in [-0.05, 0) is 25.8 Å². The number of hydrogen-bond acceptors (Lipinski definition) is 2. The number of rotatable bonds is 3. The SMILES string of the molecule is CC(=O)C[C@H]1C=CC[C@@H](c2ccc(C)cc2)O1. The Hall–Kier alpha value is -1.41. The van der Waals surface area contributed by atoms with E-state index in [0.29, 0.717) is 6.42 Å². The molecule has 0 saturated carbocycles. The summed E-state index contributed by atoms with van der Waals surface area (Å²) >= 11 is 0. The Kier molecular flexibility index (Phi) is 3.75. The van der Waals surface area contributed by atoms with Crippen LogP contribution in [0.25, 0.3) is 0 Å². The third-order valence-corrected chi connectivity index (χ3v) is 2.98. The summed E-state index contributed by atoms with van der Waals surface area (Å²) in [5, 5.41) is 0. The van der Waals surface area contributed by atoms with Crippen LogP contribution in [0.5, 0.6) is 0 Å². The van der Waals surface area contributed by atoms with Crippen LogP contribution in [0.3, 0.4) is 0 Å². The van der Waals surface area contributed by atoms with Crippen LogP contribution in [0.2, 0.25) is 0 Å². The molecule has 0 aromatic heterocycles. The number of carbonyl (C=O) groups excluding carboxylic acids is 1. The standard InChI is InChI=1S/C15H18O2/c1-11-6-8-13(9-7-11)15-5-3-4-14(17-15)10-12(2)16/h3-4,6-9,14-15H,5,10H2,1-2H3/t14-,15+/m1/s1. The molecule has 17 heavy (non-hydrogen) atoms. The number of aryl methyl sites for hydroxylation is 1. The molecule has 0 saturated heterocycles. The normalized spacial score (nSPS) is 23.6. The Balaban J connectivity index is 2.06. The molecule has 1 heterocycles. The second kappa shape index (κ2) is 5.28. The minimum absolute atomic E-state index is 0.0625. The first kappa shape index (κ1) is 12.1. The molecule has 90 valence electrons. The average molecular weight is 230 g/mol. The third kappa shape index (κ3) is 3.27. The van der Waals surface area contributed by atoms with Gasteiger partial charge in [0.05, 0.1) is 12.2 Å². The van der Waals surface area contributed by atoms with Crippen molar-refractivity contribution in [3.8, 4) is 0 Å². The van der Waals surface area contributed by atoms with Crippen molar-refractivity contribution in [2.24, 2.45) is 0 Å². The Morgan fingerprint density at radius 3 is 2.71 bits per heavy atom. The largest absolute Gasteiger partial charge is 0.365 e. The zero-order chi connectivity index (χ0) is 12.3. The van der Waals surface area contributed by atoms with Crippen LogP contribution < -0.4 is 0 Å². The van der Waals surface area contributed by atoms with E-state index < -0.39 is 0 Å². The van der Waals surface area contributed by atoms with Crippen LogP contribution in [0.15, 0.2) is 36.4 Å². The van der Waals surface area contributed by atoms with E-state index in [0.717, 1.165) is 6.42 Å². The Morgan fingerprint density at radius 2 is 2.06 bits per heavy atom. The van der Waals surface area contributed by atoms with Gasteiger partial charge in [0.1, 0.15) is 5.78 Å². The summed E-state index contributed by atoms with van der Waals surface area (Å²) in [6, 6.07) is 8.39. The first-order valence-corrected chi connectivity index (χ1v) is 6.03. The van der Waals surface area contributed by atoms with Crippen molar-refractivity contribution in [2.75, 3.05) is 0 Å². The monoisotopic (exact) mass is 230 g/mol. The summed E-state index contributed by atoms with van der Waals surface area (Å²) in [5.74, 6) is 0.171. The number of ether oxygens (including phenoxy) is 1. The lowest BCUT2D eigenvalue weighted by atomic mass is 10.0. The maximum atomic E-state index is 11.1. The molecule has 1 aliphatic rings. The van der Waals surface area contributed by atoms with Gasteiger partial charge in [-0.3, -0.25) is 4.79 Å². The van der Waals surface area contributed by atoms with Gasteiger partial charge < -0.3 is 4.74 Å².